The molecule has 1 aromatic rings. The number of rotatable bonds is 11. The van der Waals surface area contributed by atoms with E-state index in [4.69, 9.17) is 4.74 Å². The fourth-order valence-corrected chi connectivity index (χ4v) is 2.57. The van der Waals surface area contributed by atoms with Crippen LogP contribution in [-0.4, -0.2) is 53.0 Å². The summed E-state index contributed by atoms with van der Waals surface area (Å²) in [5, 5.41) is 13.9. The number of ether oxygens (including phenoxy) is 1. The molecule has 148 valence electrons. The van der Waals surface area contributed by atoms with Crippen molar-refractivity contribution in [3.8, 4) is 0 Å². The molecule has 0 saturated carbocycles. The number of carbonyl (C=O) groups is 4. The van der Waals surface area contributed by atoms with Gasteiger partial charge in [0.1, 0.15) is 24.5 Å². The number of benzene rings is 1. The molecule has 0 saturated heterocycles. The normalized spacial score (nSPS) is 12.5. The summed E-state index contributed by atoms with van der Waals surface area (Å²) in [7, 11) is 0. The van der Waals surface area contributed by atoms with Crippen LogP contribution in [0.25, 0.3) is 0 Å². The molecule has 1 aromatic carbocycles. The minimum absolute atomic E-state index is 0.00829. The Morgan fingerprint density at radius 2 is 1.81 bits per heavy atom. The molecule has 0 aromatic heterocycles. The van der Waals surface area contributed by atoms with Crippen molar-refractivity contribution in [2.75, 3.05) is 12.0 Å². The second-order valence-corrected chi connectivity index (χ2v) is 6.70. The van der Waals surface area contributed by atoms with E-state index >= 15 is 0 Å². The van der Waals surface area contributed by atoms with E-state index in [9.17, 15) is 24.3 Å². The van der Waals surface area contributed by atoms with Gasteiger partial charge in [0, 0.05) is 6.42 Å². The van der Waals surface area contributed by atoms with Crippen LogP contribution in [0.3, 0.4) is 0 Å². The fourth-order valence-electron chi connectivity index (χ4n) is 2.10. The first kappa shape index (κ1) is 22.5. The van der Waals surface area contributed by atoms with Crippen molar-refractivity contribution in [1.29, 1.82) is 0 Å². The van der Waals surface area contributed by atoms with Gasteiger partial charge in [0.25, 0.3) is 0 Å². The number of nitrogens with one attached hydrogen (secondary N) is 2. The van der Waals surface area contributed by atoms with Crippen molar-refractivity contribution >= 4 is 35.5 Å². The van der Waals surface area contributed by atoms with Crippen molar-refractivity contribution < 1.29 is 29.0 Å². The number of aliphatic carboxylic acids is 1. The van der Waals surface area contributed by atoms with Crippen molar-refractivity contribution in [2.45, 2.75) is 38.5 Å². The average Bonchev–Trinajstić information content (AvgIpc) is 2.64. The van der Waals surface area contributed by atoms with E-state index in [0.29, 0.717) is 5.75 Å². The Labute approximate surface area is 162 Å². The van der Waals surface area contributed by atoms with Crippen molar-refractivity contribution in [2.24, 2.45) is 0 Å². The Hall–Kier alpha value is -2.55. The van der Waals surface area contributed by atoms with E-state index < -0.39 is 30.1 Å². The first-order valence-corrected chi connectivity index (χ1v) is 9.74. The molecule has 3 N–H and O–H groups in total. The van der Waals surface area contributed by atoms with Gasteiger partial charge in [0.2, 0.25) is 5.91 Å². The zero-order chi connectivity index (χ0) is 20.2. The van der Waals surface area contributed by atoms with Gasteiger partial charge in [0.15, 0.2) is 0 Å². The van der Waals surface area contributed by atoms with E-state index in [1.54, 1.807) is 18.4 Å². The number of carboxylic acids is 1. The predicted octanol–water partition coefficient (Wildman–Crippen LogP) is 1.58. The maximum absolute atomic E-state index is 12.1. The molecule has 8 nitrogen and oxygen atoms in total. The minimum atomic E-state index is -1.24. The lowest BCUT2D eigenvalue weighted by Gasteiger charge is -2.18. The van der Waals surface area contributed by atoms with Crippen LogP contribution < -0.4 is 10.6 Å². The van der Waals surface area contributed by atoms with Gasteiger partial charge in [-0.25, -0.2) is 9.59 Å². The highest BCUT2D eigenvalue weighted by Gasteiger charge is 2.24. The van der Waals surface area contributed by atoms with Gasteiger partial charge in [-0.2, -0.15) is 11.8 Å². The molecule has 0 aliphatic carbocycles. The van der Waals surface area contributed by atoms with E-state index in [-0.39, 0.29) is 25.2 Å². The van der Waals surface area contributed by atoms with Gasteiger partial charge in [0.05, 0.1) is 5.75 Å². The molecule has 2 unspecified atom stereocenters. The fraction of sp³-hybridized carbons (Fsp3) is 0.444. The van der Waals surface area contributed by atoms with Crippen LogP contribution in [0.5, 0.6) is 0 Å². The SMILES string of the molecule is CSCC(=O)CCC(NC(=O)C(C)NC(=O)OCc1ccccc1)C(=O)O. The maximum atomic E-state index is 12.1. The summed E-state index contributed by atoms with van der Waals surface area (Å²) in [6.07, 6.45) is 1.03. The summed E-state index contributed by atoms with van der Waals surface area (Å²) in [5.41, 5.74) is 0.797. The van der Waals surface area contributed by atoms with Crippen LogP contribution in [0, 0.1) is 0 Å². The Bertz CT molecular complexity index is 653. The van der Waals surface area contributed by atoms with E-state index in [1.807, 2.05) is 18.2 Å². The van der Waals surface area contributed by atoms with Gasteiger partial charge in [-0.15, -0.1) is 0 Å². The highest BCUT2D eigenvalue weighted by molar-refractivity contribution is 7.99. The molecule has 0 bridgehead atoms. The zero-order valence-electron chi connectivity index (χ0n) is 15.3. The number of carboxylic acid groups (broad SMARTS) is 1. The molecule has 27 heavy (non-hydrogen) atoms. The van der Waals surface area contributed by atoms with Gasteiger partial charge in [-0.3, -0.25) is 9.59 Å². The van der Waals surface area contributed by atoms with Crippen LogP contribution in [0.4, 0.5) is 4.79 Å². The molecule has 0 fully saturated rings. The highest BCUT2D eigenvalue weighted by Crippen LogP contribution is 2.04. The molecule has 9 heteroatoms. The zero-order valence-corrected chi connectivity index (χ0v) is 16.1. The molecule has 0 spiro atoms. The minimum Gasteiger partial charge on any atom is -0.480 e. The molecule has 0 aliphatic heterocycles. The van der Waals surface area contributed by atoms with Gasteiger partial charge < -0.3 is 20.5 Å². The molecular weight excluding hydrogens is 372 g/mol. The van der Waals surface area contributed by atoms with Crippen molar-refractivity contribution in [1.82, 2.24) is 10.6 Å². The Morgan fingerprint density at radius 1 is 1.15 bits per heavy atom. The maximum Gasteiger partial charge on any atom is 0.408 e. The van der Waals surface area contributed by atoms with E-state index in [2.05, 4.69) is 10.6 Å². The first-order valence-electron chi connectivity index (χ1n) is 8.34. The molecule has 0 heterocycles. The number of amides is 2. The molecular formula is C18H24N2O6S. The summed E-state index contributed by atoms with van der Waals surface area (Å²) in [5.74, 6) is -1.69. The van der Waals surface area contributed by atoms with E-state index in [0.717, 1.165) is 5.56 Å². The summed E-state index contributed by atoms with van der Waals surface area (Å²) in [6.45, 7) is 1.47. The van der Waals surface area contributed by atoms with Crippen LogP contribution in [0.15, 0.2) is 30.3 Å². The molecule has 2 atom stereocenters. The highest BCUT2D eigenvalue weighted by atomic mass is 32.2. The molecule has 2 amide bonds. The second kappa shape index (κ2) is 11.9. The van der Waals surface area contributed by atoms with Crippen LogP contribution in [-0.2, 0) is 25.7 Å². The lowest BCUT2D eigenvalue weighted by molar-refractivity contribution is -0.142. The smallest absolute Gasteiger partial charge is 0.408 e. The lowest BCUT2D eigenvalue weighted by atomic mass is 10.1. The third-order valence-corrected chi connectivity index (χ3v) is 4.18. The number of carbonyl (C=O) groups excluding carboxylic acids is 3. The van der Waals surface area contributed by atoms with Crippen molar-refractivity contribution in [3.63, 3.8) is 0 Å². The van der Waals surface area contributed by atoms with Gasteiger partial charge in [-0.05, 0) is 25.2 Å². The largest absolute Gasteiger partial charge is 0.480 e. The Kier molecular flexibility index (Phi) is 9.95. The lowest BCUT2D eigenvalue weighted by Crippen LogP contribution is -2.50. The third-order valence-electron chi connectivity index (χ3n) is 3.57. The third kappa shape index (κ3) is 9.09. The summed E-state index contributed by atoms with van der Waals surface area (Å²) >= 11 is 1.35. The van der Waals surface area contributed by atoms with Gasteiger partial charge in [-0.1, -0.05) is 30.3 Å². The number of hydrogen-bond acceptors (Lipinski definition) is 6. The molecule has 0 radical (unpaired) electrons. The summed E-state index contributed by atoms with van der Waals surface area (Å²) in [4.78, 5) is 46.7. The number of thioether (sulfide) groups is 1. The van der Waals surface area contributed by atoms with Crippen LogP contribution in [0.1, 0.15) is 25.3 Å². The monoisotopic (exact) mass is 396 g/mol. The molecule has 0 aliphatic rings. The standard InChI is InChI=1S/C18H24N2O6S/c1-12(19-18(25)26-10-13-6-4-3-5-7-13)16(22)20-15(17(23)24)9-8-14(21)11-27-2/h3-7,12,15H,8-11H2,1-2H3,(H,19,25)(H,20,22)(H,23,24). The average molecular weight is 396 g/mol. The number of hydrogen-bond donors (Lipinski definition) is 3. The number of alkyl carbamates (subject to hydrolysis) is 1. The van der Waals surface area contributed by atoms with Crippen molar-refractivity contribution in [3.05, 3.63) is 35.9 Å². The summed E-state index contributed by atoms with van der Waals surface area (Å²) in [6, 6.07) is 6.85. The number of ketones is 1. The Morgan fingerprint density at radius 3 is 2.41 bits per heavy atom. The molecule has 1 rings (SSSR count). The van der Waals surface area contributed by atoms with E-state index in [1.165, 1.54) is 18.7 Å². The second-order valence-electron chi connectivity index (χ2n) is 5.84. The topological polar surface area (TPSA) is 122 Å². The van der Waals surface area contributed by atoms with Crippen LogP contribution >= 0.6 is 11.8 Å². The number of Topliss-reactive ketones (excluding diaryl/α,β-unsaturated/α-hetero) is 1. The Balaban J connectivity index is 2.44. The quantitative estimate of drug-likeness (QED) is 0.519. The first-order chi connectivity index (χ1) is 12.8. The summed E-state index contributed by atoms with van der Waals surface area (Å²) < 4.78 is 5.01. The van der Waals surface area contributed by atoms with Gasteiger partial charge >= 0.3 is 12.1 Å². The van der Waals surface area contributed by atoms with Crippen LogP contribution in [0.2, 0.25) is 0 Å². The predicted molar refractivity (Wildman–Crippen MR) is 101 cm³/mol.